The third kappa shape index (κ3) is 0.849. The Morgan fingerprint density at radius 1 is 1.36 bits per heavy atom. The van der Waals surface area contributed by atoms with Crippen LogP contribution in [0.4, 0.5) is 5.69 Å². The van der Waals surface area contributed by atoms with E-state index in [2.05, 4.69) is 46.6 Å². The molecule has 3 nitrogen and oxygen atoms in total. The Morgan fingerprint density at radius 3 is 3.07 bits per heavy atom. The zero-order valence-electron chi connectivity index (χ0n) is 8.17. The molecule has 0 atom stereocenters. The number of hydrogen-bond donors (Lipinski definition) is 2. The second-order valence-corrected chi connectivity index (χ2v) is 3.56. The number of nitrogens with zero attached hydrogens (tertiary/aromatic N) is 1. The van der Waals surface area contributed by atoms with Gasteiger partial charge in [0.2, 0.25) is 0 Å². The van der Waals surface area contributed by atoms with Gasteiger partial charge >= 0.3 is 0 Å². The summed E-state index contributed by atoms with van der Waals surface area (Å²) in [5.74, 6) is 0. The average molecular weight is 187 g/mol. The van der Waals surface area contributed by atoms with Crippen molar-refractivity contribution in [1.82, 2.24) is 9.99 Å². The Hall–Kier alpha value is -1.48. The lowest BCUT2D eigenvalue weighted by Gasteiger charge is -2.04. The van der Waals surface area contributed by atoms with E-state index in [0.717, 1.165) is 13.1 Å². The number of benzene rings is 1. The first kappa shape index (κ1) is 7.88. The van der Waals surface area contributed by atoms with Gasteiger partial charge in [-0.15, -0.1) is 0 Å². The molecular weight excluding hydrogens is 174 g/mol. The predicted molar refractivity (Wildman–Crippen MR) is 58.1 cm³/mol. The lowest BCUT2D eigenvalue weighted by molar-refractivity contribution is 0.720. The standard InChI is InChI=1S/C11H13N3/c1-2-14-9-6-4-3-5-8(9)11-10(14)7-12-13-11/h3-6,12-13H,2,7H2,1H3. The number of anilines is 1. The molecule has 0 amide bonds. The number of rotatable bonds is 1. The summed E-state index contributed by atoms with van der Waals surface area (Å²) < 4.78 is 2.36. The highest BCUT2D eigenvalue weighted by Gasteiger charge is 2.19. The van der Waals surface area contributed by atoms with Gasteiger partial charge in [0.25, 0.3) is 0 Å². The van der Waals surface area contributed by atoms with Gasteiger partial charge in [-0.25, -0.2) is 5.43 Å². The summed E-state index contributed by atoms with van der Waals surface area (Å²) in [6, 6.07) is 8.53. The van der Waals surface area contributed by atoms with Crippen molar-refractivity contribution in [3.63, 3.8) is 0 Å². The van der Waals surface area contributed by atoms with Crippen molar-refractivity contribution in [2.45, 2.75) is 20.0 Å². The number of hydrogen-bond acceptors (Lipinski definition) is 2. The van der Waals surface area contributed by atoms with Gasteiger partial charge < -0.3 is 9.99 Å². The van der Waals surface area contributed by atoms with Crippen LogP contribution in [0.3, 0.4) is 0 Å². The van der Waals surface area contributed by atoms with E-state index in [1.807, 2.05) is 0 Å². The monoisotopic (exact) mass is 187 g/mol. The quantitative estimate of drug-likeness (QED) is 0.715. The predicted octanol–water partition coefficient (Wildman–Crippen LogP) is 2.09. The Bertz CT molecular complexity index is 469. The Morgan fingerprint density at radius 2 is 2.21 bits per heavy atom. The molecule has 14 heavy (non-hydrogen) atoms. The van der Waals surface area contributed by atoms with Crippen molar-refractivity contribution in [1.29, 1.82) is 0 Å². The number of hydrazine groups is 1. The number of nitrogens with one attached hydrogen (secondary N) is 2. The van der Waals surface area contributed by atoms with Gasteiger partial charge in [0, 0.05) is 11.9 Å². The molecule has 1 aliphatic heterocycles. The molecule has 2 heterocycles. The molecule has 1 aromatic heterocycles. The highest BCUT2D eigenvalue weighted by molar-refractivity contribution is 5.95. The summed E-state index contributed by atoms with van der Waals surface area (Å²) in [6.07, 6.45) is 0. The van der Waals surface area contributed by atoms with Gasteiger partial charge in [0.1, 0.15) is 0 Å². The molecule has 1 aliphatic rings. The van der Waals surface area contributed by atoms with Crippen molar-refractivity contribution < 1.29 is 0 Å². The fourth-order valence-corrected chi connectivity index (χ4v) is 2.26. The minimum absolute atomic E-state index is 0.915. The Kier molecular flexibility index (Phi) is 1.55. The molecule has 1 aromatic carbocycles. The van der Waals surface area contributed by atoms with E-state index in [4.69, 9.17) is 0 Å². The molecule has 0 aliphatic carbocycles. The Balaban J connectivity index is 2.43. The van der Waals surface area contributed by atoms with Crippen LogP contribution in [0.1, 0.15) is 12.6 Å². The second-order valence-electron chi connectivity index (χ2n) is 3.56. The summed E-state index contributed by atoms with van der Waals surface area (Å²) >= 11 is 0. The van der Waals surface area contributed by atoms with Crippen LogP contribution in [0.15, 0.2) is 24.3 Å². The van der Waals surface area contributed by atoms with Crippen molar-refractivity contribution in [3.05, 3.63) is 30.0 Å². The number of aryl methyl sites for hydroxylation is 1. The first-order chi connectivity index (χ1) is 6.92. The van der Waals surface area contributed by atoms with Crippen LogP contribution in [0.2, 0.25) is 0 Å². The highest BCUT2D eigenvalue weighted by atomic mass is 15.4. The molecule has 0 fully saturated rings. The van der Waals surface area contributed by atoms with Crippen LogP contribution in [0, 0.1) is 0 Å². The summed E-state index contributed by atoms with van der Waals surface area (Å²) in [7, 11) is 0. The molecule has 0 saturated carbocycles. The average Bonchev–Trinajstić information content (AvgIpc) is 2.77. The number of fused-ring (bicyclic) bond motifs is 3. The zero-order chi connectivity index (χ0) is 9.54. The van der Waals surface area contributed by atoms with Crippen molar-refractivity contribution in [2.75, 3.05) is 5.43 Å². The summed E-state index contributed by atoms with van der Waals surface area (Å²) in [5.41, 5.74) is 10.3. The minimum atomic E-state index is 0.915. The third-order valence-electron chi connectivity index (χ3n) is 2.86. The minimum Gasteiger partial charge on any atom is -0.342 e. The smallest absolute Gasteiger partial charge is 0.0791 e. The largest absolute Gasteiger partial charge is 0.342 e. The van der Waals surface area contributed by atoms with E-state index >= 15 is 0 Å². The molecule has 0 spiro atoms. The molecule has 2 aromatic rings. The summed E-state index contributed by atoms with van der Waals surface area (Å²) in [6.45, 7) is 4.13. The van der Waals surface area contributed by atoms with Gasteiger partial charge in [0.15, 0.2) is 0 Å². The van der Waals surface area contributed by atoms with Gasteiger partial charge in [-0.1, -0.05) is 18.2 Å². The second kappa shape index (κ2) is 2.75. The van der Waals surface area contributed by atoms with Gasteiger partial charge in [-0.3, -0.25) is 0 Å². The normalized spacial score (nSPS) is 14.4. The molecular formula is C11H13N3. The van der Waals surface area contributed by atoms with Crippen molar-refractivity contribution in [3.8, 4) is 0 Å². The zero-order valence-corrected chi connectivity index (χ0v) is 8.17. The van der Waals surface area contributed by atoms with Crippen LogP contribution < -0.4 is 10.9 Å². The number of aromatic nitrogens is 1. The van der Waals surface area contributed by atoms with E-state index in [9.17, 15) is 0 Å². The van der Waals surface area contributed by atoms with E-state index < -0.39 is 0 Å². The maximum Gasteiger partial charge on any atom is 0.0791 e. The van der Waals surface area contributed by atoms with E-state index in [-0.39, 0.29) is 0 Å². The van der Waals surface area contributed by atoms with Gasteiger partial charge in [-0.2, -0.15) is 0 Å². The fourth-order valence-electron chi connectivity index (χ4n) is 2.26. The summed E-state index contributed by atoms with van der Waals surface area (Å²) in [5, 5.41) is 1.31. The molecule has 0 radical (unpaired) electrons. The topological polar surface area (TPSA) is 29.0 Å². The Labute approximate surface area is 82.7 Å². The first-order valence-electron chi connectivity index (χ1n) is 5.01. The molecule has 0 unspecified atom stereocenters. The van der Waals surface area contributed by atoms with Crippen LogP contribution in [-0.4, -0.2) is 4.57 Å². The van der Waals surface area contributed by atoms with Crippen molar-refractivity contribution >= 4 is 16.6 Å². The first-order valence-corrected chi connectivity index (χ1v) is 5.01. The van der Waals surface area contributed by atoms with E-state index in [1.54, 1.807) is 0 Å². The van der Waals surface area contributed by atoms with Crippen LogP contribution in [0.5, 0.6) is 0 Å². The SMILES string of the molecule is CCn1c2c(c3ccccc31)NNC2. The molecule has 2 N–H and O–H groups in total. The van der Waals surface area contributed by atoms with E-state index in [0.29, 0.717) is 0 Å². The van der Waals surface area contributed by atoms with Gasteiger partial charge in [0.05, 0.1) is 23.4 Å². The van der Waals surface area contributed by atoms with E-state index in [1.165, 1.54) is 22.3 Å². The van der Waals surface area contributed by atoms with Gasteiger partial charge in [-0.05, 0) is 13.0 Å². The van der Waals surface area contributed by atoms with Crippen molar-refractivity contribution in [2.24, 2.45) is 0 Å². The third-order valence-corrected chi connectivity index (χ3v) is 2.86. The maximum atomic E-state index is 3.23. The molecule has 3 rings (SSSR count). The highest BCUT2D eigenvalue weighted by Crippen LogP contribution is 2.32. The van der Waals surface area contributed by atoms with Crippen LogP contribution >= 0.6 is 0 Å². The fraction of sp³-hybridized carbons (Fsp3) is 0.273. The summed E-state index contributed by atoms with van der Waals surface area (Å²) in [4.78, 5) is 0. The number of para-hydroxylation sites is 1. The molecule has 3 heteroatoms. The molecule has 0 saturated heterocycles. The maximum absolute atomic E-state index is 3.23. The lowest BCUT2D eigenvalue weighted by Crippen LogP contribution is -2.13. The molecule has 0 bridgehead atoms. The van der Waals surface area contributed by atoms with Crippen LogP contribution in [0.25, 0.3) is 10.9 Å². The lowest BCUT2D eigenvalue weighted by atomic mass is 10.2. The molecule has 72 valence electrons. The van der Waals surface area contributed by atoms with Crippen LogP contribution in [-0.2, 0) is 13.1 Å².